The highest BCUT2D eigenvalue weighted by atomic mass is 32.2. The van der Waals surface area contributed by atoms with Crippen molar-refractivity contribution in [3.05, 3.63) is 59.7 Å². The van der Waals surface area contributed by atoms with Gasteiger partial charge in [-0.05, 0) is 55.1 Å². The summed E-state index contributed by atoms with van der Waals surface area (Å²) in [6.45, 7) is 2.27. The van der Waals surface area contributed by atoms with E-state index in [-0.39, 0.29) is 5.91 Å². The summed E-state index contributed by atoms with van der Waals surface area (Å²) in [6.07, 6.45) is 1.45. The van der Waals surface area contributed by atoms with Crippen molar-refractivity contribution in [2.75, 3.05) is 13.3 Å². The van der Waals surface area contributed by atoms with Crippen LogP contribution in [0.15, 0.2) is 53.4 Å². The lowest BCUT2D eigenvalue weighted by atomic mass is 10.2. The van der Waals surface area contributed by atoms with Crippen LogP contribution < -0.4 is 4.74 Å². The summed E-state index contributed by atoms with van der Waals surface area (Å²) in [6, 6.07) is 16.9. The molecule has 0 aromatic heterocycles. The fourth-order valence-electron chi connectivity index (χ4n) is 2.26. The van der Waals surface area contributed by atoms with Crippen molar-refractivity contribution >= 4 is 17.7 Å². The van der Waals surface area contributed by atoms with Crippen molar-refractivity contribution in [3.8, 4) is 11.8 Å². The van der Waals surface area contributed by atoms with Crippen LogP contribution in [0.2, 0.25) is 0 Å². The Kier molecular flexibility index (Phi) is 6.28. The van der Waals surface area contributed by atoms with E-state index in [1.807, 2.05) is 18.4 Å². The Morgan fingerprint density at radius 3 is 2.38 bits per heavy atom. The Labute approximate surface area is 147 Å². The molecule has 1 amide bonds. The largest absolute Gasteiger partial charge is 0.481 e. The average molecular weight is 340 g/mol. The number of hydrogen-bond donors (Lipinski definition) is 0. The number of nitriles is 1. The van der Waals surface area contributed by atoms with Gasteiger partial charge in [-0.3, -0.25) is 4.79 Å². The number of rotatable bonds is 6. The number of carbonyl (C=O) groups is 1. The summed E-state index contributed by atoms with van der Waals surface area (Å²) in [5, 5.41) is 8.79. The fourth-order valence-corrected chi connectivity index (χ4v) is 2.66. The van der Waals surface area contributed by atoms with Crippen LogP contribution in [0.25, 0.3) is 0 Å². The van der Waals surface area contributed by atoms with Gasteiger partial charge in [-0.25, -0.2) is 0 Å². The number of likely N-dealkylation sites (N-methyl/N-ethyl adjacent to an activating group) is 1. The van der Waals surface area contributed by atoms with Gasteiger partial charge in [0.25, 0.3) is 5.91 Å². The van der Waals surface area contributed by atoms with Crippen LogP contribution >= 0.6 is 11.8 Å². The number of nitrogens with zero attached hydrogens (tertiary/aromatic N) is 2. The van der Waals surface area contributed by atoms with Crippen molar-refractivity contribution < 1.29 is 9.53 Å². The van der Waals surface area contributed by atoms with Crippen LogP contribution in [0.3, 0.4) is 0 Å². The van der Waals surface area contributed by atoms with E-state index in [1.54, 1.807) is 54.9 Å². The van der Waals surface area contributed by atoms with Gasteiger partial charge in [0, 0.05) is 18.5 Å². The average Bonchev–Trinajstić information content (AvgIpc) is 2.62. The van der Waals surface area contributed by atoms with E-state index in [9.17, 15) is 4.79 Å². The van der Waals surface area contributed by atoms with E-state index in [4.69, 9.17) is 10.00 Å². The summed E-state index contributed by atoms with van der Waals surface area (Å²) in [5.41, 5.74) is 1.64. The second kappa shape index (κ2) is 8.42. The monoisotopic (exact) mass is 340 g/mol. The lowest BCUT2D eigenvalue weighted by Crippen LogP contribution is -2.37. The minimum absolute atomic E-state index is 0.0895. The topological polar surface area (TPSA) is 53.3 Å². The highest BCUT2D eigenvalue weighted by Gasteiger charge is 2.19. The minimum Gasteiger partial charge on any atom is -0.481 e. The normalized spacial score (nSPS) is 11.4. The number of benzene rings is 2. The number of amides is 1. The summed E-state index contributed by atoms with van der Waals surface area (Å²) in [5.74, 6) is 0.487. The molecule has 124 valence electrons. The lowest BCUT2D eigenvalue weighted by Gasteiger charge is -2.22. The molecular weight excluding hydrogens is 320 g/mol. The Hall–Kier alpha value is -2.45. The molecule has 0 aliphatic heterocycles. The van der Waals surface area contributed by atoms with Gasteiger partial charge < -0.3 is 9.64 Å². The van der Waals surface area contributed by atoms with Crippen LogP contribution in [-0.4, -0.2) is 30.2 Å². The Bertz CT molecular complexity index is 721. The van der Waals surface area contributed by atoms with Crippen LogP contribution in [0.4, 0.5) is 0 Å². The van der Waals surface area contributed by atoms with Crippen molar-refractivity contribution in [3.63, 3.8) is 0 Å². The minimum atomic E-state index is -0.589. The molecule has 0 heterocycles. The zero-order valence-electron chi connectivity index (χ0n) is 14.0. The maximum atomic E-state index is 12.4. The van der Waals surface area contributed by atoms with Gasteiger partial charge in [0.1, 0.15) is 5.75 Å². The van der Waals surface area contributed by atoms with Gasteiger partial charge in [-0.2, -0.15) is 5.26 Å². The van der Waals surface area contributed by atoms with Crippen molar-refractivity contribution in [1.82, 2.24) is 4.90 Å². The third-order valence-electron chi connectivity index (χ3n) is 3.60. The summed E-state index contributed by atoms with van der Waals surface area (Å²) < 4.78 is 5.67. The molecule has 0 radical (unpaired) electrons. The predicted molar refractivity (Wildman–Crippen MR) is 95.9 cm³/mol. The Balaban J connectivity index is 1.94. The number of thioether (sulfide) groups is 1. The SMILES string of the molecule is CSc1ccc(CN(C)C(=O)C(C)Oc2ccc(C#N)cc2)cc1. The van der Waals surface area contributed by atoms with Gasteiger partial charge in [0.05, 0.1) is 11.6 Å². The summed E-state index contributed by atoms with van der Waals surface area (Å²) in [4.78, 5) is 15.3. The molecule has 0 bridgehead atoms. The molecule has 4 nitrogen and oxygen atoms in total. The molecule has 0 spiro atoms. The molecule has 2 aromatic carbocycles. The molecule has 2 rings (SSSR count). The first-order valence-corrected chi connectivity index (χ1v) is 8.80. The second-order valence-electron chi connectivity index (χ2n) is 5.44. The van der Waals surface area contributed by atoms with Gasteiger partial charge >= 0.3 is 0 Å². The molecule has 5 heteroatoms. The molecule has 0 saturated carbocycles. The molecular formula is C19H20N2O2S. The van der Waals surface area contributed by atoms with E-state index in [1.165, 1.54) is 4.90 Å². The zero-order valence-corrected chi connectivity index (χ0v) is 14.8. The van der Waals surface area contributed by atoms with E-state index in [2.05, 4.69) is 18.2 Å². The van der Waals surface area contributed by atoms with Crippen LogP contribution in [0, 0.1) is 11.3 Å². The highest BCUT2D eigenvalue weighted by molar-refractivity contribution is 7.98. The first-order chi connectivity index (χ1) is 11.5. The molecule has 0 aliphatic rings. The molecule has 0 fully saturated rings. The molecule has 0 saturated heterocycles. The van der Waals surface area contributed by atoms with E-state index in [0.29, 0.717) is 17.9 Å². The van der Waals surface area contributed by atoms with Crippen molar-refractivity contribution in [2.45, 2.75) is 24.5 Å². The van der Waals surface area contributed by atoms with Gasteiger partial charge in [0.2, 0.25) is 0 Å². The summed E-state index contributed by atoms with van der Waals surface area (Å²) >= 11 is 1.69. The van der Waals surface area contributed by atoms with Crippen LogP contribution in [0.1, 0.15) is 18.1 Å². The first-order valence-electron chi connectivity index (χ1n) is 7.58. The number of ether oxygens (including phenoxy) is 1. The molecule has 0 aliphatic carbocycles. The molecule has 24 heavy (non-hydrogen) atoms. The molecule has 0 N–H and O–H groups in total. The Morgan fingerprint density at radius 2 is 1.83 bits per heavy atom. The molecule has 1 unspecified atom stereocenters. The maximum absolute atomic E-state index is 12.4. The molecule has 2 aromatic rings. The highest BCUT2D eigenvalue weighted by Crippen LogP contribution is 2.17. The third-order valence-corrected chi connectivity index (χ3v) is 4.34. The van der Waals surface area contributed by atoms with E-state index >= 15 is 0 Å². The third kappa shape index (κ3) is 4.77. The first kappa shape index (κ1) is 17.9. The zero-order chi connectivity index (χ0) is 17.5. The second-order valence-corrected chi connectivity index (χ2v) is 6.32. The fraction of sp³-hybridized carbons (Fsp3) is 0.263. The number of hydrogen-bond acceptors (Lipinski definition) is 4. The number of carbonyl (C=O) groups excluding carboxylic acids is 1. The summed E-state index contributed by atoms with van der Waals surface area (Å²) in [7, 11) is 1.77. The van der Waals surface area contributed by atoms with Gasteiger partial charge in [-0.1, -0.05) is 12.1 Å². The van der Waals surface area contributed by atoms with E-state index in [0.717, 1.165) is 5.56 Å². The van der Waals surface area contributed by atoms with Crippen LogP contribution in [-0.2, 0) is 11.3 Å². The molecule has 1 atom stereocenters. The smallest absolute Gasteiger partial charge is 0.263 e. The van der Waals surface area contributed by atoms with Gasteiger partial charge in [-0.15, -0.1) is 11.8 Å². The maximum Gasteiger partial charge on any atom is 0.263 e. The lowest BCUT2D eigenvalue weighted by molar-refractivity contribution is -0.137. The van der Waals surface area contributed by atoms with E-state index < -0.39 is 6.10 Å². The van der Waals surface area contributed by atoms with Crippen LogP contribution in [0.5, 0.6) is 5.75 Å². The van der Waals surface area contributed by atoms with Crippen molar-refractivity contribution in [1.29, 1.82) is 5.26 Å². The van der Waals surface area contributed by atoms with Crippen molar-refractivity contribution in [2.24, 2.45) is 0 Å². The quantitative estimate of drug-likeness (QED) is 0.752. The Morgan fingerprint density at radius 1 is 1.21 bits per heavy atom. The predicted octanol–water partition coefficient (Wildman–Crippen LogP) is 3.71. The van der Waals surface area contributed by atoms with Gasteiger partial charge in [0.15, 0.2) is 6.10 Å². The standard InChI is InChI=1S/C19H20N2O2S/c1-14(23-17-8-4-15(12-20)5-9-17)19(22)21(2)13-16-6-10-18(24-3)11-7-16/h4-11,14H,13H2,1-3H3.